The predicted octanol–water partition coefficient (Wildman–Crippen LogP) is 9.52. The molecule has 3 aliphatic rings. The number of aryl methyl sites for hydroxylation is 1. The van der Waals surface area contributed by atoms with Crippen molar-refractivity contribution in [2.45, 2.75) is 131 Å². The van der Waals surface area contributed by atoms with E-state index in [9.17, 15) is 9.90 Å². The molecule has 2 aromatic carbocycles. The van der Waals surface area contributed by atoms with Crippen LogP contribution in [0, 0.1) is 12.8 Å². The number of piperazine rings is 1. The Morgan fingerprint density at radius 1 is 1.06 bits per heavy atom. The predicted molar refractivity (Wildman–Crippen MR) is 218 cm³/mol. The van der Waals surface area contributed by atoms with Gasteiger partial charge in [-0.2, -0.15) is 0 Å². The number of thiazole rings is 1. The molecule has 0 spiro atoms. The number of aliphatic hydroxyl groups is 1. The van der Waals surface area contributed by atoms with Gasteiger partial charge in [0.05, 0.1) is 28.8 Å². The molecule has 3 aliphatic heterocycles. The van der Waals surface area contributed by atoms with Crippen molar-refractivity contribution in [3.8, 4) is 27.6 Å². The second-order valence-corrected chi connectivity index (χ2v) is 17.0. The highest BCUT2D eigenvalue weighted by Crippen LogP contribution is 2.45. The van der Waals surface area contributed by atoms with Gasteiger partial charge >= 0.3 is 5.97 Å². The lowest BCUT2D eigenvalue weighted by Crippen LogP contribution is -2.56. The Labute approximate surface area is 320 Å². The zero-order valence-corrected chi connectivity index (χ0v) is 34.2. The number of aliphatic carboxylic acids is 1. The highest BCUT2D eigenvalue weighted by atomic mass is 32.1. The van der Waals surface area contributed by atoms with Crippen LogP contribution in [0.2, 0.25) is 0 Å². The van der Waals surface area contributed by atoms with Gasteiger partial charge in [0.1, 0.15) is 16.5 Å². The van der Waals surface area contributed by atoms with Gasteiger partial charge in [0.25, 0.3) is 0 Å². The largest absolute Gasteiger partial charge is 0.493 e. The molecule has 288 valence electrons. The molecule has 10 heteroatoms. The lowest BCUT2D eigenvalue weighted by molar-refractivity contribution is -0.136. The van der Waals surface area contributed by atoms with Gasteiger partial charge in [0.15, 0.2) is 0 Å². The molecule has 0 aliphatic carbocycles. The molecule has 4 aromatic rings. The van der Waals surface area contributed by atoms with Crippen LogP contribution in [0.1, 0.15) is 117 Å². The van der Waals surface area contributed by atoms with Crippen molar-refractivity contribution in [2.24, 2.45) is 5.92 Å². The number of fused-ring (bicyclic) bond motifs is 8. The number of benzene rings is 2. The molecule has 2 aromatic heterocycles. The second-order valence-electron chi connectivity index (χ2n) is 16.0. The first-order chi connectivity index (χ1) is 25.2. The van der Waals surface area contributed by atoms with Crippen LogP contribution in [-0.4, -0.2) is 80.0 Å². The summed E-state index contributed by atoms with van der Waals surface area (Å²) in [4.78, 5) is 32.2. The van der Waals surface area contributed by atoms with Gasteiger partial charge in [-0.15, -0.1) is 11.3 Å². The molecule has 6 bridgehead atoms. The number of hydrogen-bond acceptors (Lipinski definition) is 9. The summed E-state index contributed by atoms with van der Waals surface area (Å²) in [6.07, 6.45) is 8.71. The molecule has 53 heavy (non-hydrogen) atoms. The third kappa shape index (κ3) is 10.1. The minimum absolute atomic E-state index is 0.0407. The van der Waals surface area contributed by atoms with Gasteiger partial charge in [0.2, 0.25) is 5.95 Å². The molecule has 3 atom stereocenters. The van der Waals surface area contributed by atoms with E-state index in [0.29, 0.717) is 23.9 Å². The second kappa shape index (κ2) is 17.7. The van der Waals surface area contributed by atoms with E-state index in [0.717, 1.165) is 100 Å². The van der Waals surface area contributed by atoms with Crippen molar-refractivity contribution in [1.82, 2.24) is 19.9 Å². The summed E-state index contributed by atoms with van der Waals surface area (Å²) in [6, 6.07) is 11.3. The number of rotatable bonds is 3. The maximum absolute atomic E-state index is 12.1. The molecule has 7 rings (SSSR count). The summed E-state index contributed by atoms with van der Waals surface area (Å²) >= 11 is 1.60. The Morgan fingerprint density at radius 3 is 2.51 bits per heavy atom. The molecule has 0 saturated carbocycles. The topological polar surface area (TPSA) is 112 Å². The summed E-state index contributed by atoms with van der Waals surface area (Å²) in [7, 11) is 0. The average Bonchev–Trinajstić information content (AvgIpc) is 3.53. The monoisotopic (exact) mass is 743 g/mol. The van der Waals surface area contributed by atoms with E-state index in [1.165, 1.54) is 24.8 Å². The number of anilines is 1. The normalized spacial score (nSPS) is 20.5. The number of nitrogens with zero attached hydrogens (tertiary/aromatic N) is 5. The standard InChI is InChI=1S/C37H45N5O3S.C4H10O.C2H6/c1-22(2)41-14-15-42-27(21-41)17-23(3)7-5-6-8-25-12-16-45-32-10-9-26(19-29(25)32)34-28(20-33(43)44)24(4)18-31-35(34)46-36(39-31)30-11-13-38-37(42)40-30;1-4(2,3)5;1-2/h9-11,13,18-19,22-23,25,27H,5-8,12,14-17,20-21H2,1-4H3,(H,43,44);5H,1-3H3;1-2H3. The van der Waals surface area contributed by atoms with Gasteiger partial charge in [-0.1, -0.05) is 46.1 Å². The van der Waals surface area contributed by atoms with E-state index in [-0.39, 0.29) is 6.42 Å². The Bertz CT molecular complexity index is 1840. The van der Waals surface area contributed by atoms with E-state index in [2.05, 4.69) is 48.8 Å². The number of ether oxygens (including phenoxy) is 1. The Morgan fingerprint density at radius 2 is 1.79 bits per heavy atom. The molecule has 1 saturated heterocycles. The van der Waals surface area contributed by atoms with Gasteiger partial charge in [-0.25, -0.2) is 15.0 Å². The number of carboxylic acids is 1. The number of carboxylic acid groups (broad SMARTS) is 1. The van der Waals surface area contributed by atoms with Gasteiger partial charge in [0, 0.05) is 43.5 Å². The minimum Gasteiger partial charge on any atom is -0.493 e. The van der Waals surface area contributed by atoms with Crippen LogP contribution in [0.15, 0.2) is 36.5 Å². The van der Waals surface area contributed by atoms with Crippen LogP contribution in [0.3, 0.4) is 0 Å². The van der Waals surface area contributed by atoms with E-state index in [1.807, 2.05) is 39.1 Å². The van der Waals surface area contributed by atoms with Crippen LogP contribution >= 0.6 is 11.3 Å². The fourth-order valence-corrected chi connectivity index (χ4v) is 8.94. The molecular weight excluding hydrogens is 683 g/mol. The van der Waals surface area contributed by atoms with Crippen LogP contribution in [-0.2, 0) is 11.2 Å². The molecular formula is C43H61N5O4S. The Kier molecular flexibility index (Phi) is 13.5. The first-order valence-corrected chi connectivity index (χ1v) is 20.5. The summed E-state index contributed by atoms with van der Waals surface area (Å²) in [5.41, 5.74) is 6.23. The van der Waals surface area contributed by atoms with Crippen LogP contribution in [0.5, 0.6) is 5.75 Å². The van der Waals surface area contributed by atoms with E-state index in [1.54, 1.807) is 32.1 Å². The fourth-order valence-electron chi connectivity index (χ4n) is 7.84. The summed E-state index contributed by atoms with van der Waals surface area (Å²) in [5.74, 6) is 1.95. The molecule has 0 radical (unpaired) electrons. The first-order valence-electron chi connectivity index (χ1n) is 19.7. The SMILES string of the molecule is CC.CC(C)(C)O.Cc1cc2nc3sc2c(c1CC(=O)O)-c1ccc2c(c1)C(CCCCC(C)CC1CN(C(C)C)CCN1c1nccc-3n1)CCO2. The smallest absolute Gasteiger partial charge is 0.307 e. The minimum atomic E-state index is -0.833. The summed E-state index contributed by atoms with van der Waals surface area (Å²) in [5, 5.41) is 19.3. The van der Waals surface area contributed by atoms with Gasteiger partial charge in [-0.3, -0.25) is 9.69 Å². The third-order valence-electron chi connectivity index (χ3n) is 10.3. The van der Waals surface area contributed by atoms with Crippen molar-refractivity contribution in [2.75, 3.05) is 31.1 Å². The lowest BCUT2D eigenvalue weighted by Gasteiger charge is -2.44. The molecule has 3 unspecified atom stereocenters. The third-order valence-corrected chi connectivity index (χ3v) is 11.5. The van der Waals surface area contributed by atoms with E-state index in [4.69, 9.17) is 24.8 Å². The molecule has 2 N–H and O–H groups in total. The van der Waals surface area contributed by atoms with Crippen molar-refractivity contribution in [3.63, 3.8) is 0 Å². The highest BCUT2D eigenvalue weighted by molar-refractivity contribution is 7.22. The average molecular weight is 744 g/mol. The van der Waals surface area contributed by atoms with Crippen molar-refractivity contribution in [1.29, 1.82) is 0 Å². The molecule has 9 nitrogen and oxygen atoms in total. The van der Waals surface area contributed by atoms with E-state index >= 15 is 0 Å². The number of carbonyl (C=O) groups is 1. The van der Waals surface area contributed by atoms with Gasteiger partial charge in [-0.05, 0) is 119 Å². The summed E-state index contributed by atoms with van der Waals surface area (Å²) < 4.78 is 7.14. The first kappa shape index (κ1) is 40.6. The zero-order chi connectivity index (χ0) is 38.4. The Balaban J connectivity index is 0.000000715. The zero-order valence-electron chi connectivity index (χ0n) is 33.4. The number of hydrogen-bond donors (Lipinski definition) is 2. The van der Waals surface area contributed by atoms with Crippen LogP contribution in [0.25, 0.3) is 32.0 Å². The number of aromatic nitrogens is 3. The van der Waals surface area contributed by atoms with Crippen molar-refractivity contribution < 1.29 is 19.7 Å². The molecule has 1 fully saturated rings. The molecule has 0 amide bonds. The summed E-state index contributed by atoms with van der Waals surface area (Å²) in [6.45, 7) is 21.9. The lowest BCUT2D eigenvalue weighted by atomic mass is 9.84. The highest BCUT2D eigenvalue weighted by Gasteiger charge is 2.32. The van der Waals surface area contributed by atoms with Gasteiger partial charge < -0.3 is 19.8 Å². The maximum Gasteiger partial charge on any atom is 0.307 e. The van der Waals surface area contributed by atoms with Crippen molar-refractivity contribution >= 4 is 33.5 Å². The van der Waals surface area contributed by atoms with Crippen molar-refractivity contribution in [3.05, 3.63) is 53.2 Å². The maximum atomic E-state index is 12.1. The van der Waals surface area contributed by atoms with E-state index < -0.39 is 11.6 Å². The fraction of sp³-hybridized carbons (Fsp3) is 0.581. The van der Waals surface area contributed by atoms with Crippen LogP contribution < -0.4 is 9.64 Å². The quantitative estimate of drug-likeness (QED) is 0.212. The van der Waals surface area contributed by atoms with Crippen LogP contribution in [0.4, 0.5) is 5.95 Å². The molecule has 5 heterocycles. The Hall–Kier alpha value is -3.60.